The summed E-state index contributed by atoms with van der Waals surface area (Å²) in [6, 6.07) is 5.17. The van der Waals surface area contributed by atoms with Gasteiger partial charge >= 0.3 is 0 Å². The Morgan fingerprint density at radius 1 is 1.35 bits per heavy atom. The first-order valence-electron chi connectivity index (χ1n) is 9.52. The maximum atomic E-state index is 12.2. The Balaban J connectivity index is 1.82. The number of ether oxygens (including phenoxy) is 2. The SMILES string of the molecule is CC[C@H](C)n1c(O)c(C=NCc2nc(-c3ccc(OC)c(OC)c3)no2)c(=O)[nH]c1=S. The second-order valence-corrected chi connectivity index (χ2v) is 7.06. The normalized spacial score (nSPS) is 12.3. The Morgan fingerprint density at radius 3 is 2.77 bits per heavy atom. The zero-order valence-electron chi connectivity index (χ0n) is 17.6. The van der Waals surface area contributed by atoms with Crippen molar-refractivity contribution in [1.29, 1.82) is 0 Å². The summed E-state index contributed by atoms with van der Waals surface area (Å²) in [5, 5.41) is 14.5. The van der Waals surface area contributed by atoms with E-state index in [-0.39, 0.29) is 34.7 Å². The molecule has 0 aliphatic heterocycles. The van der Waals surface area contributed by atoms with Crippen LogP contribution in [0.15, 0.2) is 32.5 Å². The van der Waals surface area contributed by atoms with Crippen molar-refractivity contribution in [3.8, 4) is 28.8 Å². The molecular weight excluding hydrogens is 422 g/mol. The molecule has 0 saturated heterocycles. The van der Waals surface area contributed by atoms with Crippen LogP contribution in [-0.2, 0) is 6.54 Å². The fraction of sp³-hybridized carbons (Fsp3) is 0.350. The number of hydrogen-bond acceptors (Lipinski definition) is 9. The summed E-state index contributed by atoms with van der Waals surface area (Å²) < 4.78 is 17.4. The van der Waals surface area contributed by atoms with Gasteiger partial charge in [-0.25, -0.2) is 0 Å². The molecular formula is C20H23N5O5S. The van der Waals surface area contributed by atoms with Gasteiger partial charge in [-0.3, -0.25) is 19.3 Å². The van der Waals surface area contributed by atoms with Crippen LogP contribution in [0.5, 0.6) is 17.4 Å². The topological polar surface area (TPSA) is 128 Å². The lowest BCUT2D eigenvalue weighted by molar-refractivity contribution is 0.355. The van der Waals surface area contributed by atoms with E-state index in [1.54, 1.807) is 32.4 Å². The van der Waals surface area contributed by atoms with Crippen LogP contribution >= 0.6 is 12.2 Å². The smallest absolute Gasteiger partial charge is 0.264 e. The van der Waals surface area contributed by atoms with E-state index < -0.39 is 5.56 Å². The molecule has 1 aromatic carbocycles. The minimum absolute atomic E-state index is 0.00790. The van der Waals surface area contributed by atoms with Crippen molar-refractivity contribution in [2.24, 2.45) is 4.99 Å². The van der Waals surface area contributed by atoms with Gasteiger partial charge in [0.05, 0.1) is 14.2 Å². The second-order valence-electron chi connectivity index (χ2n) is 6.68. The highest BCUT2D eigenvalue weighted by Gasteiger charge is 2.15. The number of hydrogen-bond donors (Lipinski definition) is 2. The van der Waals surface area contributed by atoms with Crippen molar-refractivity contribution in [2.75, 3.05) is 14.2 Å². The number of aromatic amines is 1. The Morgan fingerprint density at radius 2 is 2.10 bits per heavy atom. The van der Waals surface area contributed by atoms with Crippen LogP contribution in [0.4, 0.5) is 0 Å². The summed E-state index contributed by atoms with van der Waals surface area (Å²) in [5.41, 5.74) is 0.164. The summed E-state index contributed by atoms with van der Waals surface area (Å²) in [7, 11) is 3.09. The molecule has 0 fully saturated rings. The van der Waals surface area contributed by atoms with Gasteiger partial charge < -0.3 is 19.1 Å². The summed E-state index contributed by atoms with van der Waals surface area (Å²) in [6.45, 7) is 3.87. The average Bonchev–Trinajstić information content (AvgIpc) is 3.24. The summed E-state index contributed by atoms with van der Waals surface area (Å²) in [5.74, 6) is 1.50. The highest BCUT2D eigenvalue weighted by atomic mass is 32.1. The lowest BCUT2D eigenvalue weighted by Gasteiger charge is -2.16. The zero-order chi connectivity index (χ0) is 22.5. The largest absolute Gasteiger partial charge is 0.494 e. The van der Waals surface area contributed by atoms with Crippen LogP contribution < -0.4 is 15.0 Å². The van der Waals surface area contributed by atoms with Gasteiger partial charge in [0.2, 0.25) is 17.6 Å². The Bertz CT molecular complexity index is 1210. The van der Waals surface area contributed by atoms with E-state index >= 15 is 0 Å². The van der Waals surface area contributed by atoms with E-state index in [0.717, 1.165) is 6.42 Å². The number of nitrogens with zero attached hydrogens (tertiary/aromatic N) is 4. The number of methoxy groups -OCH3 is 2. The monoisotopic (exact) mass is 445 g/mol. The van der Waals surface area contributed by atoms with Crippen molar-refractivity contribution in [3.63, 3.8) is 0 Å². The number of aliphatic imine (C=N–C) groups is 1. The molecule has 3 aromatic rings. The molecule has 1 atom stereocenters. The van der Waals surface area contributed by atoms with Gasteiger partial charge in [-0.15, -0.1) is 0 Å². The standard InChI is InChI=1S/C20H23N5O5S/c1-5-11(2)25-19(27)13(18(26)23-20(25)31)9-21-10-16-22-17(24-30-16)12-6-7-14(28-3)15(8-12)29-4/h6-9,11,27H,5,10H2,1-4H3,(H,23,26,31)/t11-/m0/s1. The van der Waals surface area contributed by atoms with Crippen LogP contribution in [0, 0.1) is 4.77 Å². The van der Waals surface area contributed by atoms with E-state index in [4.69, 9.17) is 26.2 Å². The van der Waals surface area contributed by atoms with E-state index in [1.807, 2.05) is 13.8 Å². The van der Waals surface area contributed by atoms with Gasteiger partial charge in [-0.05, 0) is 43.8 Å². The van der Waals surface area contributed by atoms with Gasteiger partial charge in [0.1, 0.15) is 12.1 Å². The molecule has 0 aliphatic carbocycles. The molecule has 3 rings (SSSR count). The van der Waals surface area contributed by atoms with Crippen LogP contribution in [-0.4, -0.2) is 45.2 Å². The molecule has 2 aromatic heterocycles. The van der Waals surface area contributed by atoms with Gasteiger partial charge in [0.15, 0.2) is 16.3 Å². The summed E-state index contributed by atoms with van der Waals surface area (Å²) in [6.07, 6.45) is 1.99. The van der Waals surface area contributed by atoms with Crippen LogP contribution in [0.2, 0.25) is 0 Å². The van der Waals surface area contributed by atoms with Crippen molar-refractivity contribution >= 4 is 18.4 Å². The number of rotatable bonds is 8. The van der Waals surface area contributed by atoms with Crippen molar-refractivity contribution in [3.05, 3.63) is 44.8 Å². The average molecular weight is 446 g/mol. The van der Waals surface area contributed by atoms with E-state index in [1.165, 1.54) is 10.8 Å². The van der Waals surface area contributed by atoms with Gasteiger partial charge in [-0.1, -0.05) is 12.1 Å². The number of benzene rings is 1. The van der Waals surface area contributed by atoms with Crippen molar-refractivity contribution < 1.29 is 19.1 Å². The molecule has 0 amide bonds. The first kappa shape index (κ1) is 22.2. The number of H-pyrrole nitrogens is 1. The molecule has 0 radical (unpaired) electrons. The van der Waals surface area contributed by atoms with Gasteiger partial charge in [0, 0.05) is 17.8 Å². The quantitative estimate of drug-likeness (QED) is 0.399. The maximum Gasteiger partial charge on any atom is 0.264 e. The summed E-state index contributed by atoms with van der Waals surface area (Å²) >= 11 is 5.15. The molecule has 0 aliphatic rings. The molecule has 0 bridgehead atoms. The van der Waals surface area contributed by atoms with Gasteiger partial charge in [-0.2, -0.15) is 4.98 Å². The lowest BCUT2D eigenvalue weighted by Crippen LogP contribution is -2.20. The van der Waals surface area contributed by atoms with Crippen LogP contribution in [0.25, 0.3) is 11.4 Å². The van der Waals surface area contributed by atoms with Crippen LogP contribution in [0.3, 0.4) is 0 Å². The first-order chi connectivity index (χ1) is 14.9. The molecule has 0 unspecified atom stereocenters. The lowest BCUT2D eigenvalue weighted by atomic mass is 10.2. The Kier molecular flexibility index (Phi) is 6.85. The van der Waals surface area contributed by atoms with E-state index in [2.05, 4.69) is 20.1 Å². The number of nitrogens with one attached hydrogen (secondary N) is 1. The molecule has 11 heteroatoms. The van der Waals surface area contributed by atoms with E-state index in [9.17, 15) is 9.90 Å². The predicted octanol–water partition coefficient (Wildman–Crippen LogP) is 3.27. The highest BCUT2D eigenvalue weighted by molar-refractivity contribution is 7.71. The molecule has 10 nitrogen and oxygen atoms in total. The third-order valence-electron chi connectivity index (χ3n) is 4.74. The molecule has 2 N–H and O–H groups in total. The number of aromatic nitrogens is 4. The zero-order valence-corrected chi connectivity index (χ0v) is 18.4. The van der Waals surface area contributed by atoms with Gasteiger partial charge in [0.25, 0.3) is 5.56 Å². The fourth-order valence-corrected chi connectivity index (χ4v) is 3.25. The second kappa shape index (κ2) is 9.56. The fourth-order valence-electron chi connectivity index (χ4n) is 2.89. The van der Waals surface area contributed by atoms with Crippen molar-refractivity contribution in [1.82, 2.24) is 19.7 Å². The minimum atomic E-state index is -0.526. The molecule has 0 saturated carbocycles. The molecule has 0 spiro atoms. The minimum Gasteiger partial charge on any atom is -0.494 e. The van der Waals surface area contributed by atoms with Crippen LogP contribution in [0.1, 0.15) is 37.8 Å². The highest BCUT2D eigenvalue weighted by Crippen LogP contribution is 2.31. The third-order valence-corrected chi connectivity index (χ3v) is 5.04. The third kappa shape index (κ3) is 4.66. The molecule has 31 heavy (non-hydrogen) atoms. The van der Waals surface area contributed by atoms with Crippen molar-refractivity contribution in [2.45, 2.75) is 32.9 Å². The Labute approximate surface area is 183 Å². The summed E-state index contributed by atoms with van der Waals surface area (Å²) in [4.78, 5) is 23.2. The van der Waals surface area contributed by atoms with E-state index in [0.29, 0.717) is 22.9 Å². The predicted molar refractivity (Wildman–Crippen MR) is 117 cm³/mol. The number of aromatic hydroxyl groups is 1. The molecule has 2 heterocycles. The maximum absolute atomic E-state index is 12.2. The Hall–Kier alpha value is -3.47. The first-order valence-corrected chi connectivity index (χ1v) is 9.93. The molecule has 164 valence electrons.